The van der Waals surface area contributed by atoms with Crippen molar-refractivity contribution in [3.8, 4) is 11.5 Å². The molecule has 0 spiro atoms. The van der Waals surface area contributed by atoms with Crippen molar-refractivity contribution >= 4 is 18.5 Å². The summed E-state index contributed by atoms with van der Waals surface area (Å²) in [5.74, 6) is 0.652. The Bertz CT molecular complexity index is 645. The predicted octanol–water partition coefficient (Wildman–Crippen LogP) is 5.83. The number of oxazole rings is 1. The fourth-order valence-corrected chi connectivity index (χ4v) is 3.28. The van der Waals surface area contributed by atoms with Crippen molar-refractivity contribution in [1.82, 2.24) is 4.98 Å². The van der Waals surface area contributed by atoms with E-state index in [2.05, 4.69) is 55.5 Å². The molecule has 0 aliphatic rings. The molecule has 5 heteroatoms. The molecule has 2 rings (SSSR count). The lowest BCUT2D eigenvalue weighted by molar-refractivity contribution is 0.0845. The van der Waals surface area contributed by atoms with Crippen LogP contribution in [0.15, 0.2) is 52.8 Å². The lowest BCUT2D eigenvalue weighted by Crippen LogP contribution is -2.20. The van der Waals surface area contributed by atoms with Crippen LogP contribution in [0.4, 0.5) is 0 Å². The van der Waals surface area contributed by atoms with Gasteiger partial charge in [0, 0.05) is 18.6 Å². The molecule has 0 saturated heterocycles. The maximum absolute atomic E-state index is 6.04. The monoisotopic (exact) mass is 377 g/mol. The summed E-state index contributed by atoms with van der Waals surface area (Å²) in [4.78, 5) is 4.17. The van der Waals surface area contributed by atoms with E-state index in [1.54, 1.807) is 12.5 Å². The molecule has 0 aliphatic carbocycles. The molecule has 2 atom stereocenters. The van der Waals surface area contributed by atoms with Crippen LogP contribution < -0.4 is 0 Å². The lowest BCUT2D eigenvalue weighted by Gasteiger charge is -2.25. The van der Waals surface area contributed by atoms with Gasteiger partial charge >= 0.3 is 0 Å². The minimum absolute atomic E-state index is 0.315. The maximum atomic E-state index is 6.04. The van der Waals surface area contributed by atoms with Crippen molar-refractivity contribution in [2.24, 2.45) is 0 Å². The molecule has 25 heavy (non-hydrogen) atoms. The molecule has 1 aromatic carbocycles. The Hall–Kier alpha value is -1.01. The van der Waals surface area contributed by atoms with Gasteiger partial charge in [-0.15, -0.1) is 0 Å². The molecule has 1 aromatic heterocycles. The lowest BCUT2D eigenvalue weighted by atomic mass is 10.1. The van der Waals surface area contributed by atoms with Crippen LogP contribution in [-0.2, 0) is 11.2 Å². The Morgan fingerprint density at radius 2 is 1.92 bits per heavy atom. The molecule has 0 amide bonds. The zero-order valence-electron chi connectivity index (χ0n) is 15.2. The number of nitrogens with zero attached hydrogens (tertiary/aromatic N) is 1. The van der Waals surface area contributed by atoms with E-state index >= 15 is 0 Å². The number of benzene rings is 1. The molecule has 0 fully saturated rings. The van der Waals surface area contributed by atoms with E-state index in [9.17, 15) is 0 Å². The number of hydrogen-bond acceptors (Lipinski definition) is 3. The Balaban J connectivity index is 1.72. The SMILES string of the molecule is CC(C)=CCCCCCOC(P)(P)Cc1ccc(-c2ncco2)cc1. The molecule has 0 bridgehead atoms. The first-order valence-electron chi connectivity index (χ1n) is 8.80. The first kappa shape index (κ1) is 20.3. The highest BCUT2D eigenvalue weighted by atomic mass is 31.1. The average Bonchev–Trinajstić information content (AvgIpc) is 3.08. The summed E-state index contributed by atoms with van der Waals surface area (Å²) in [6, 6.07) is 8.28. The minimum Gasteiger partial charge on any atom is -0.445 e. The van der Waals surface area contributed by atoms with Crippen LogP contribution in [0, 0.1) is 0 Å². The van der Waals surface area contributed by atoms with Gasteiger partial charge in [0.05, 0.1) is 11.3 Å². The Labute approximate surface area is 156 Å². The molecule has 136 valence electrons. The number of unbranched alkanes of at least 4 members (excludes halogenated alkanes) is 3. The van der Waals surface area contributed by atoms with Crippen LogP contribution in [0.5, 0.6) is 0 Å². The summed E-state index contributed by atoms with van der Waals surface area (Å²) in [6.45, 7) is 5.09. The zero-order valence-corrected chi connectivity index (χ0v) is 17.5. The summed E-state index contributed by atoms with van der Waals surface area (Å²) < 4.78 is 11.4. The second kappa shape index (κ2) is 10.2. The van der Waals surface area contributed by atoms with E-state index in [4.69, 9.17) is 9.15 Å². The van der Waals surface area contributed by atoms with Gasteiger partial charge in [0.25, 0.3) is 0 Å². The van der Waals surface area contributed by atoms with Gasteiger partial charge < -0.3 is 9.15 Å². The Morgan fingerprint density at radius 3 is 2.56 bits per heavy atom. The highest BCUT2D eigenvalue weighted by molar-refractivity contribution is 7.39. The molecule has 2 aromatic rings. The fourth-order valence-electron chi connectivity index (χ4n) is 2.58. The Morgan fingerprint density at radius 1 is 1.16 bits per heavy atom. The molecular weight excluding hydrogens is 348 g/mol. The first-order chi connectivity index (χ1) is 12.0. The minimum atomic E-state index is -0.315. The van der Waals surface area contributed by atoms with Crippen molar-refractivity contribution in [2.75, 3.05) is 6.61 Å². The van der Waals surface area contributed by atoms with Gasteiger partial charge in [-0.2, -0.15) is 0 Å². The van der Waals surface area contributed by atoms with E-state index in [0.717, 1.165) is 25.0 Å². The van der Waals surface area contributed by atoms with Crippen LogP contribution in [0.2, 0.25) is 0 Å². The van der Waals surface area contributed by atoms with Gasteiger partial charge in [-0.25, -0.2) is 4.98 Å². The molecule has 3 nitrogen and oxygen atoms in total. The molecule has 0 saturated carbocycles. The summed E-state index contributed by atoms with van der Waals surface area (Å²) >= 11 is 0. The zero-order chi connectivity index (χ0) is 18.1. The van der Waals surface area contributed by atoms with Crippen molar-refractivity contribution in [1.29, 1.82) is 0 Å². The second-order valence-electron chi connectivity index (χ2n) is 6.65. The van der Waals surface area contributed by atoms with Crippen LogP contribution in [0.1, 0.15) is 45.1 Å². The Kier molecular flexibility index (Phi) is 8.30. The number of aromatic nitrogens is 1. The number of allylic oxidation sites excluding steroid dienone is 2. The second-order valence-corrected chi connectivity index (χ2v) is 9.27. The van der Waals surface area contributed by atoms with Crippen molar-refractivity contribution < 1.29 is 9.15 Å². The number of hydrogen-bond donors (Lipinski definition) is 0. The van der Waals surface area contributed by atoms with E-state index in [-0.39, 0.29) is 5.08 Å². The quantitative estimate of drug-likeness (QED) is 0.297. The number of rotatable bonds is 10. The van der Waals surface area contributed by atoms with Crippen LogP contribution in [0.3, 0.4) is 0 Å². The van der Waals surface area contributed by atoms with Gasteiger partial charge in [-0.3, -0.25) is 0 Å². The van der Waals surface area contributed by atoms with Crippen molar-refractivity contribution in [2.45, 2.75) is 51.0 Å². The summed E-state index contributed by atoms with van der Waals surface area (Å²) in [7, 11) is 5.63. The maximum Gasteiger partial charge on any atom is 0.225 e. The number of ether oxygens (including phenoxy) is 1. The molecule has 0 aliphatic heterocycles. The molecule has 0 radical (unpaired) electrons. The van der Waals surface area contributed by atoms with Gasteiger partial charge in [-0.1, -0.05) is 48.7 Å². The van der Waals surface area contributed by atoms with Crippen LogP contribution >= 0.6 is 18.5 Å². The highest BCUT2D eigenvalue weighted by Crippen LogP contribution is 2.33. The average molecular weight is 377 g/mol. The standard InChI is InChI=1S/C20H29NO2P2/c1-16(2)7-5-3-4-6-13-23-20(24,25)15-17-8-10-18(11-9-17)19-21-12-14-22-19/h7-12,14H,3-6,13,15,24-25H2,1-2H3. The first-order valence-corrected chi connectivity index (χ1v) is 9.96. The largest absolute Gasteiger partial charge is 0.445 e. The third kappa shape index (κ3) is 7.82. The smallest absolute Gasteiger partial charge is 0.225 e. The van der Waals surface area contributed by atoms with Gasteiger partial charge in [0.2, 0.25) is 5.89 Å². The summed E-state index contributed by atoms with van der Waals surface area (Å²) in [6.07, 6.45) is 11.1. The normalized spacial score (nSPS) is 11.5. The third-order valence-corrected chi connectivity index (χ3v) is 4.63. The highest BCUT2D eigenvalue weighted by Gasteiger charge is 2.19. The van der Waals surface area contributed by atoms with Gasteiger partial charge in [0.15, 0.2) is 0 Å². The van der Waals surface area contributed by atoms with Gasteiger partial charge in [-0.05, 0) is 50.8 Å². The molecule has 0 N–H and O–H groups in total. The van der Waals surface area contributed by atoms with E-state index in [1.165, 1.54) is 30.4 Å². The van der Waals surface area contributed by atoms with Crippen LogP contribution in [0.25, 0.3) is 11.5 Å². The van der Waals surface area contributed by atoms with Crippen LogP contribution in [-0.4, -0.2) is 16.7 Å². The van der Waals surface area contributed by atoms with Crippen molar-refractivity contribution in [3.63, 3.8) is 0 Å². The predicted molar refractivity (Wildman–Crippen MR) is 112 cm³/mol. The van der Waals surface area contributed by atoms with E-state index in [0.29, 0.717) is 5.89 Å². The van der Waals surface area contributed by atoms with Crippen molar-refractivity contribution in [3.05, 3.63) is 53.9 Å². The summed E-state index contributed by atoms with van der Waals surface area (Å²) in [5, 5.41) is -0.315. The molecular formula is C20H29NO2P2. The fraction of sp³-hybridized carbons (Fsp3) is 0.450. The third-order valence-electron chi connectivity index (χ3n) is 3.89. The topological polar surface area (TPSA) is 35.3 Å². The van der Waals surface area contributed by atoms with E-state index < -0.39 is 0 Å². The van der Waals surface area contributed by atoms with Gasteiger partial charge in [0.1, 0.15) is 6.26 Å². The summed E-state index contributed by atoms with van der Waals surface area (Å²) in [5.41, 5.74) is 3.62. The molecule has 2 unspecified atom stereocenters. The van der Waals surface area contributed by atoms with E-state index in [1.807, 2.05) is 12.1 Å². The molecule has 1 heterocycles.